The normalized spacial score (nSPS) is 16.6. The number of rotatable bonds is 7. The molecule has 1 saturated heterocycles. The fraction of sp³-hybridized carbons (Fsp3) is 0.179. The van der Waals surface area contributed by atoms with Crippen molar-refractivity contribution in [2.24, 2.45) is 0 Å². The molecule has 8 nitrogen and oxygen atoms in total. The van der Waals surface area contributed by atoms with Crippen molar-refractivity contribution in [3.8, 4) is 11.5 Å². The molecule has 1 atom stereocenters. The number of hydrogen-bond donors (Lipinski definition) is 1. The second-order valence-corrected chi connectivity index (χ2v) is 7.91. The van der Waals surface area contributed by atoms with Gasteiger partial charge in [0, 0.05) is 22.9 Å². The lowest BCUT2D eigenvalue weighted by atomic mass is 9.94. The lowest BCUT2D eigenvalue weighted by Crippen LogP contribution is -2.29. The number of ether oxygens (including phenoxy) is 3. The van der Waals surface area contributed by atoms with Crippen LogP contribution in [0.1, 0.15) is 34.5 Å². The third kappa shape index (κ3) is 4.40. The highest BCUT2D eigenvalue weighted by molar-refractivity contribution is 6.51. The zero-order valence-corrected chi connectivity index (χ0v) is 20.1. The van der Waals surface area contributed by atoms with Gasteiger partial charge in [-0.05, 0) is 43.3 Å². The molecular weight excluding hydrogens is 462 g/mol. The third-order valence-corrected chi connectivity index (χ3v) is 5.88. The molecule has 4 rings (SSSR count). The summed E-state index contributed by atoms with van der Waals surface area (Å²) in [6.07, 6.45) is 0. The molecule has 1 aliphatic heterocycles. The molecule has 36 heavy (non-hydrogen) atoms. The van der Waals surface area contributed by atoms with Gasteiger partial charge in [-0.3, -0.25) is 14.5 Å². The molecule has 0 aliphatic carbocycles. The average molecular weight is 488 g/mol. The van der Waals surface area contributed by atoms with E-state index in [0.717, 1.165) is 0 Å². The van der Waals surface area contributed by atoms with Gasteiger partial charge < -0.3 is 19.3 Å². The monoisotopic (exact) mass is 487 g/mol. The average Bonchev–Trinajstić information content (AvgIpc) is 3.18. The summed E-state index contributed by atoms with van der Waals surface area (Å²) in [5, 5.41) is 11.2. The number of aliphatic hydroxyl groups is 1. The molecular formula is C28H25NO7. The zero-order chi connectivity index (χ0) is 25.8. The van der Waals surface area contributed by atoms with Gasteiger partial charge in [-0.2, -0.15) is 0 Å². The van der Waals surface area contributed by atoms with Crippen LogP contribution in [-0.2, 0) is 14.3 Å². The molecule has 8 heteroatoms. The van der Waals surface area contributed by atoms with Crippen LogP contribution in [0, 0.1) is 0 Å². The van der Waals surface area contributed by atoms with Gasteiger partial charge in [0.2, 0.25) is 0 Å². The van der Waals surface area contributed by atoms with Crippen LogP contribution >= 0.6 is 0 Å². The first-order valence-electron chi connectivity index (χ1n) is 11.3. The van der Waals surface area contributed by atoms with Crippen molar-refractivity contribution < 1.29 is 33.7 Å². The van der Waals surface area contributed by atoms with Crippen molar-refractivity contribution in [3.63, 3.8) is 0 Å². The Kier molecular flexibility index (Phi) is 7.05. The van der Waals surface area contributed by atoms with E-state index in [1.165, 1.54) is 31.3 Å². The van der Waals surface area contributed by atoms with Crippen LogP contribution in [0.3, 0.4) is 0 Å². The van der Waals surface area contributed by atoms with Crippen LogP contribution < -0.4 is 14.4 Å². The minimum absolute atomic E-state index is 0.0795. The van der Waals surface area contributed by atoms with E-state index in [2.05, 4.69) is 0 Å². The van der Waals surface area contributed by atoms with Crippen molar-refractivity contribution >= 4 is 29.1 Å². The minimum atomic E-state index is -1.00. The van der Waals surface area contributed by atoms with Gasteiger partial charge in [-0.25, -0.2) is 4.79 Å². The summed E-state index contributed by atoms with van der Waals surface area (Å²) in [4.78, 5) is 40.1. The van der Waals surface area contributed by atoms with Crippen molar-refractivity contribution in [2.75, 3.05) is 25.7 Å². The number of amides is 1. The van der Waals surface area contributed by atoms with Crippen LogP contribution in [0.2, 0.25) is 0 Å². The fourth-order valence-electron chi connectivity index (χ4n) is 4.16. The van der Waals surface area contributed by atoms with Gasteiger partial charge >= 0.3 is 5.97 Å². The van der Waals surface area contributed by atoms with Gasteiger partial charge in [-0.15, -0.1) is 0 Å². The molecule has 1 N–H and O–H groups in total. The SMILES string of the molecule is CCOC(=O)c1ccc(N2C(=O)C(=O)C(=C(O)c3ccccc3)[C@H]2c2ccc(OC)cc2OC)cc1. The van der Waals surface area contributed by atoms with Crippen molar-refractivity contribution in [3.05, 3.63) is 95.1 Å². The maximum absolute atomic E-state index is 13.4. The summed E-state index contributed by atoms with van der Waals surface area (Å²) < 4.78 is 15.9. The Morgan fingerprint density at radius 1 is 0.917 bits per heavy atom. The molecule has 0 radical (unpaired) electrons. The molecule has 0 saturated carbocycles. The largest absolute Gasteiger partial charge is 0.507 e. The number of anilines is 1. The van der Waals surface area contributed by atoms with Gasteiger partial charge in [0.05, 0.1) is 38.0 Å². The molecule has 3 aromatic carbocycles. The number of methoxy groups -OCH3 is 2. The van der Waals surface area contributed by atoms with E-state index < -0.39 is 23.7 Å². The van der Waals surface area contributed by atoms with E-state index in [1.54, 1.807) is 67.6 Å². The summed E-state index contributed by atoms with van der Waals surface area (Å²) in [5.74, 6) is -1.57. The standard InChI is InChI=1S/C28H25NO7/c1-4-36-28(33)18-10-12-19(13-11-18)29-24(21-15-14-20(34-2)16-22(21)35-3)23(26(31)27(29)32)25(30)17-8-6-5-7-9-17/h5-16,24,30H,4H2,1-3H3/t24-/m1/s1. The molecule has 0 bridgehead atoms. The first-order valence-corrected chi connectivity index (χ1v) is 11.3. The summed E-state index contributed by atoms with van der Waals surface area (Å²) in [5.41, 5.74) is 1.46. The summed E-state index contributed by atoms with van der Waals surface area (Å²) in [7, 11) is 2.98. The Morgan fingerprint density at radius 2 is 1.61 bits per heavy atom. The Labute approximate surface area is 208 Å². The lowest BCUT2D eigenvalue weighted by molar-refractivity contribution is -0.132. The lowest BCUT2D eigenvalue weighted by Gasteiger charge is -2.27. The topological polar surface area (TPSA) is 102 Å². The highest BCUT2D eigenvalue weighted by Crippen LogP contribution is 2.45. The Bertz CT molecular complexity index is 1330. The van der Waals surface area contributed by atoms with Gasteiger partial charge in [0.1, 0.15) is 17.3 Å². The molecule has 1 aliphatic rings. The smallest absolute Gasteiger partial charge is 0.338 e. The number of carbonyl (C=O) groups excluding carboxylic acids is 3. The van der Waals surface area contributed by atoms with E-state index in [4.69, 9.17) is 14.2 Å². The van der Waals surface area contributed by atoms with E-state index >= 15 is 0 Å². The number of ketones is 1. The number of hydrogen-bond acceptors (Lipinski definition) is 7. The molecule has 1 heterocycles. The maximum atomic E-state index is 13.4. The highest BCUT2D eigenvalue weighted by Gasteiger charge is 2.48. The minimum Gasteiger partial charge on any atom is -0.507 e. The summed E-state index contributed by atoms with van der Waals surface area (Å²) >= 11 is 0. The Hall–Kier alpha value is -4.59. The van der Waals surface area contributed by atoms with Gasteiger partial charge in [0.25, 0.3) is 11.7 Å². The molecule has 0 aromatic heterocycles. The third-order valence-electron chi connectivity index (χ3n) is 5.88. The predicted molar refractivity (Wildman–Crippen MR) is 133 cm³/mol. The van der Waals surface area contributed by atoms with Crippen LogP contribution in [0.4, 0.5) is 5.69 Å². The van der Waals surface area contributed by atoms with Gasteiger partial charge in [-0.1, -0.05) is 30.3 Å². The summed E-state index contributed by atoms with van der Waals surface area (Å²) in [6, 6.07) is 18.7. The van der Waals surface area contributed by atoms with Crippen LogP contribution in [0.5, 0.6) is 11.5 Å². The maximum Gasteiger partial charge on any atom is 0.338 e. The highest BCUT2D eigenvalue weighted by atomic mass is 16.5. The number of Topliss-reactive ketones (excluding diaryl/α,β-unsaturated/α-hetero) is 1. The van der Waals surface area contributed by atoms with Crippen molar-refractivity contribution in [2.45, 2.75) is 13.0 Å². The van der Waals surface area contributed by atoms with E-state index in [-0.39, 0.29) is 17.9 Å². The number of carbonyl (C=O) groups is 3. The number of benzene rings is 3. The molecule has 1 amide bonds. The Morgan fingerprint density at radius 3 is 2.22 bits per heavy atom. The second kappa shape index (κ2) is 10.4. The molecule has 3 aromatic rings. The number of nitrogens with zero attached hydrogens (tertiary/aromatic N) is 1. The molecule has 0 spiro atoms. The van der Waals surface area contributed by atoms with E-state index in [0.29, 0.717) is 33.9 Å². The predicted octanol–water partition coefficient (Wildman–Crippen LogP) is 4.51. The second-order valence-electron chi connectivity index (χ2n) is 7.91. The fourth-order valence-corrected chi connectivity index (χ4v) is 4.16. The van der Waals surface area contributed by atoms with Crippen LogP contribution in [-0.4, -0.2) is 43.6 Å². The summed E-state index contributed by atoms with van der Waals surface area (Å²) in [6.45, 7) is 1.94. The zero-order valence-electron chi connectivity index (χ0n) is 20.1. The molecule has 0 unspecified atom stereocenters. The Balaban J connectivity index is 1.91. The van der Waals surface area contributed by atoms with Crippen molar-refractivity contribution in [1.29, 1.82) is 0 Å². The van der Waals surface area contributed by atoms with Crippen LogP contribution in [0.15, 0.2) is 78.4 Å². The molecule has 184 valence electrons. The number of aliphatic hydroxyl groups excluding tert-OH is 1. The first-order chi connectivity index (χ1) is 17.4. The number of esters is 1. The van der Waals surface area contributed by atoms with Gasteiger partial charge in [0.15, 0.2) is 0 Å². The van der Waals surface area contributed by atoms with E-state index in [1.807, 2.05) is 0 Å². The first kappa shape index (κ1) is 24.5. The molecule has 1 fully saturated rings. The quantitative estimate of drug-likeness (QED) is 0.226. The van der Waals surface area contributed by atoms with E-state index in [9.17, 15) is 19.5 Å². The van der Waals surface area contributed by atoms with Crippen molar-refractivity contribution in [1.82, 2.24) is 0 Å². The van der Waals surface area contributed by atoms with Crippen LogP contribution in [0.25, 0.3) is 5.76 Å².